The summed E-state index contributed by atoms with van der Waals surface area (Å²) in [6, 6.07) is 11.6. The normalized spacial score (nSPS) is 11.1. The standard InChI is InChI=1S/C20H23N3OS/c1-2-3-4-7-13-23-19(24)17-10-5-6-11-18(17)22-20(23)25-15-16-9-8-12-21-14-16/h5-6,8-12,14H,2-4,7,13,15H2,1H3. The van der Waals surface area contributed by atoms with Crippen LogP contribution in [-0.2, 0) is 12.3 Å². The van der Waals surface area contributed by atoms with Crippen molar-refractivity contribution in [3.63, 3.8) is 0 Å². The Bertz CT molecular complexity index is 877. The average Bonchev–Trinajstić information content (AvgIpc) is 2.66. The van der Waals surface area contributed by atoms with Gasteiger partial charge >= 0.3 is 0 Å². The molecule has 0 saturated heterocycles. The molecule has 4 nitrogen and oxygen atoms in total. The van der Waals surface area contributed by atoms with E-state index < -0.39 is 0 Å². The van der Waals surface area contributed by atoms with Crippen LogP contribution < -0.4 is 5.56 Å². The summed E-state index contributed by atoms with van der Waals surface area (Å²) < 4.78 is 1.85. The van der Waals surface area contributed by atoms with Crippen molar-refractivity contribution in [3.05, 3.63) is 64.7 Å². The SMILES string of the molecule is CCCCCCn1c(SCc2cccnc2)nc2ccccc2c1=O. The van der Waals surface area contributed by atoms with E-state index in [1.165, 1.54) is 12.8 Å². The lowest BCUT2D eigenvalue weighted by Crippen LogP contribution is -2.23. The number of para-hydroxylation sites is 1. The number of fused-ring (bicyclic) bond motifs is 1. The van der Waals surface area contributed by atoms with Crippen LogP contribution in [-0.4, -0.2) is 14.5 Å². The maximum Gasteiger partial charge on any atom is 0.262 e. The number of thioether (sulfide) groups is 1. The van der Waals surface area contributed by atoms with Gasteiger partial charge in [0.25, 0.3) is 5.56 Å². The quantitative estimate of drug-likeness (QED) is 0.336. The lowest BCUT2D eigenvalue weighted by Gasteiger charge is -2.13. The Kier molecular flexibility index (Phi) is 6.23. The Balaban J connectivity index is 1.89. The van der Waals surface area contributed by atoms with Crippen LogP contribution in [0.15, 0.2) is 58.7 Å². The van der Waals surface area contributed by atoms with Crippen LogP contribution in [0.25, 0.3) is 10.9 Å². The fourth-order valence-corrected chi connectivity index (χ4v) is 3.74. The van der Waals surface area contributed by atoms with E-state index in [1.807, 2.05) is 47.2 Å². The molecule has 0 N–H and O–H groups in total. The molecule has 1 aromatic carbocycles. The van der Waals surface area contributed by atoms with Gasteiger partial charge < -0.3 is 0 Å². The van der Waals surface area contributed by atoms with Gasteiger partial charge in [0.15, 0.2) is 5.16 Å². The Labute approximate surface area is 152 Å². The summed E-state index contributed by atoms with van der Waals surface area (Å²) in [7, 11) is 0. The van der Waals surface area contributed by atoms with E-state index in [0.29, 0.717) is 5.39 Å². The summed E-state index contributed by atoms with van der Waals surface area (Å²) in [5, 5.41) is 1.49. The molecule has 0 spiro atoms. The lowest BCUT2D eigenvalue weighted by molar-refractivity contribution is 0.531. The van der Waals surface area contributed by atoms with Crippen LogP contribution in [0.5, 0.6) is 0 Å². The van der Waals surface area contributed by atoms with Crippen molar-refractivity contribution in [1.29, 1.82) is 0 Å². The van der Waals surface area contributed by atoms with Crippen molar-refractivity contribution < 1.29 is 0 Å². The van der Waals surface area contributed by atoms with Crippen molar-refractivity contribution in [2.45, 2.75) is 50.1 Å². The highest BCUT2D eigenvalue weighted by molar-refractivity contribution is 7.98. The lowest BCUT2D eigenvalue weighted by atomic mass is 10.2. The first-order valence-corrected chi connectivity index (χ1v) is 9.79. The Hall–Kier alpha value is -2.14. The van der Waals surface area contributed by atoms with E-state index in [9.17, 15) is 4.79 Å². The van der Waals surface area contributed by atoms with Crippen molar-refractivity contribution in [1.82, 2.24) is 14.5 Å². The third kappa shape index (κ3) is 4.48. The highest BCUT2D eigenvalue weighted by atomic mass is 32.2. The number of unbranched alkanes of at least 4 members (excludes halogenated alkanes) is 3. The summed E-state index contributed by atoms with van der Waals surface area (Å²) in [6.45, 7) is 2.92. The Morgan fingerprint density at radius 1 is 1.08 bits per heavy atom. The summed E-state index contributed by atoms with van der Waals surface area (Å²) >= 11 is 1.60. The van der Waals surface area contributed by atoms with Crippen molar-refractivity contribution in [2.24, 2.45) is 0 Å². The van der Waals surface area contributed by atoms with Gasteiger partial charge in [-0.2, -0.15) is 0 Å². The van der Waals surface area contributed by atoms with Crippen LogP contribution in [0.1, 0.15) is 38.2 Å². The highest BCUT2D eigenvalue weighted by Gasteiger charge is 2.11. The van der Waals surface area contributed by atoms with E-state index in [-0.39, 0.29) is 5.56 Å². The molecule has 0 aliphatic rings. The highest BCUT2D eigenvalue weighted by Crippen LogP contribution is 2.22. The minimum absolute atomic E-state index is 0.0655. The first kappa shape index (κ1) is 17.7. The summed E-state index contributed by atoms with van der Waals surface area (Å²) in [5.41, 5.74) is 1.97. The van der Waals surface area contributed by atoms with Crippen LogP contribution in [0.4, 0.5) is 0 Å². The van der Waals surface area contributed by atoms with Gasteiger partial charge in [0.2, 0.25) is 0 Å². The molecule has 3 rings (SSSR count). The molecular weight excluding hydrogens is 330 g/mol. The summed E-state index contributed by atoms with van der Waals surface area (Å²) in [6.07, 6.45) is 8.17. The Morgan fingerprint density at radius 3 is 2.76 bits per heavy atom. The number of nitrogens with zero attached hydrogens (tertiary/aromatic N) is 3. The molecule has 2 aromatic heterocycles. The van der Waals surface area contributed by atoms with Crippen LogP contribution in [0.2, 0.25) is 0 Å². The molecule has 0 radical (unpaired) electrons. The average molecular weight is 353 g/mol. The van der Waals surface area contributed by atoms with E-state index in [2.05, 4.69) is 11.9 Å². The summed E-state index contributed by atoms with van der Waals surface area (Å²) in [4.78, 5) is 21.8. The zero-order valence-electron chi connectivity index (χ0n) is 14.5. The predicted octanol–water partition coefficient (Wildman–Crippen LogP) is 4.66. The van der Waals surface area contributed by atoms with E-state index in [0.717, 1.165) is 41.4 Å². The van der Waals surface area contributed by atoms with Crippen LogP contribution in [0.3, 0.4) is 0 Å². The van der Waals surface area contributed by atoms with Gasteiger partial charge in [-0.1, -0.05) is 56.1 Å². The molecule has 0 fully saturated rings. The molecule has 3 aromatic rings. The number of benzene rings is 1. The molecule has 0 aliphatic heterocycles. The summed E-state index contributed by atoms with van der Waals surface area (Å²) in [5.74, 6) is 0.758. The van der Waals surface area contributed by atoms with Gasteiger partial charge in [0.1, 0.15) is 0 Å². The van der Waals surface area contributed by atoms with Crippen molar-refractivity contribution in [3.8, 4) is 0 Å². The van der Waals surface area contributed by atoms with Crippen LogP contribution >= 0.6 is 11.8 Å². The second-order valence-electron chi connectivity index (χ2n) is 6.08. The third-order valence-electron chi connectivity index (χ3n) is 4.15. The molecule has 0 aliphatic carbocycles. The minimum Gasteiger partial charge on any atom is -0.287 e. The first-order valence-electron chi connectivity index (χ1n) is 8.81. The smallest absolute Gasteiger partial charge is 0.262 e. The molecule has 0 amide bonds. The molecule has 5 heteroatoms. The zero-order chi connectivity index (χ0) is 17.5. The number of pyridine rings is 1. The predicted molar refractivity (Wildman–Crippen MR) is 104 cm³/mol. The molecule has 130 valence electrons. The number of rotatable bonds is 8. The van der Waals surface area contributed by atoms with Gasteiger partial charge in [0, 0.05) is 24.7 Å². The molecule has 25 heavy (non-hydrogen) atoms. The number of aromatic nitrogens is 3. The third-order valence-corrected chi connectivity index (χ3v) is 5.20. The van der Waals surface area contributed by atoms with Crippen LogP contribution in [0, 0.1) is 0 Å². The van der Waals surface area contributed by atoms with Crippen molar-refractivity contribution in [2.75, 3.05) is 0 Å². The van der Waals surface area contributed by atoms with Crippen molar-refractivity contribution >= 4 is 22.7 Å². The van der Waals surface area contributed by atoms with Gasteiger partial charge in [-0.15, -0.1) is 0 Å². The van der Waals surface area contributed by atoms with Gasteiger partial charge in [-0.25, -0.2) is 4.98 Å². The topological polar surface area (TPSA) is 47.8 Å². The maximum absolute atomic E-state index is 12.9. The molecule has 2 heterocycles. The maximum atomic E-state index is 12.9. The molecule has 0 atom stereocenters. The second kappa shape index (κ2) is 8.81. The van der Waals surface area contributed by atoms with Gasteiger partial charge in [-0.3, -0.25) is 14.3 Å². The van der Waals surface area contributed by atoms with Gasteiger partial charge in [0.05, 0.1) is 10.9 Å². The fourth-order valence-electron chi connectivity index (χ4n) is 2.78. The molecule has 0 saturated carbocycles. The van der Waals surface area contributed by atoms with E-state index in [4.69, 9.17) is 4.98 Å². The second-order valence-corrected chi connectivity index (χ2v) is 7.02. The molecule has 0 bridgehead atoms. The van der Waals surface area contributed by atoms with E-state index in [1.54, 1.807) is 18.0 Å². The Morgan fingerprint density at radius 2 is 1.96 bits per heavy atom. The molecular formula is C20H23N3OS. The zero-order valence-corrected chi connectivity index (χ0v) is 15.3. The first-order chi connectivity index (χ1) is 12.3. The molecule has 0 unspecified atom stereocenters. The number of hydrogen-bond donors (Lipinski definition) is 0. The van der Waals surface area contributed by atoms with E-state index >= 15 is 0 Å². The largest absolute Gasteiger partial charge is 0.287 e. The minimum atomic E-state index is 0.0655. The number of hydrogen-bond acceptors (Lipinski definition) is 4. The van der Waals surface area contributed by atoms with Gasteiger partial charge in [-0.05, 0) is 30.2 Å². The fraction of sp³-hybridized carbons (Fsp3) is 0.350. The monoisotopic (exact) mass is 353 g/mol.